The van der Waals surface area contributed by atoms with Gasteiger partial charge in [0.1, 0.15) is 0 Å². The van der Waals surface area contributed by atoms with E-state index in [0.717, 1.165) is 22.0 Å². The molecule has 16 heavy (non-hydrogen) atoms. The molecule has 1 aromatic rings. The number of ether oxygens (including phenoxy) is 1. The Balaban J connectivity index is 2.66. The second kappa shape index (κ2) is 6.66. The minimum absolute atomic E-state index is 0.211. The lowest BCUT2D eigenvalue weighted by Crippen LogP contribution is -1.99. The molecule has 0 radical (unpaired) electrons. The molecule has 88 valence electrons. The van der Waals surface area contributed by atoms with Gasteiger partial charge in [0, 0.05) is 18.0 Å². The molecule has 0 bridgehead atoms. The predicted octanol–water partition coefficient (Wildman–Crippen LogP) is 3.00. The molecule has 0 amide bonds. The highest BCUT2D eigenvalue weighted by molar-refractivity contribution is 9.10. The summed E-state index contributed by atoms with van der Waals surface area (Å²) in [6.07, 6.45) is 1.65. The summed E-state index contributed by atoms with van der Waals surface area (Å²) in [4.78, 5) is 10.4. The highest BCUT2D eigenvalue weighted by atomic mass is 79.9. The molecule has 1 rings (SSSR count). The number of benzene rings is 1. The van der Waals surface area contributed by atoms with Crippen LogP contribution >= 0.6 is 15.9 Å². The van der Waals surface area contributed by atoms with Crippen LogP contribution in [0.2, 0.25) is 0 Å². The Morgan fingerprint density at radius 3 is 2.81 bits per heavy atom. The van der Waals surface area contributed by atoms with E-state index in [2.05, 4.69) is 15.9 Å². The standard InChI is InChI=1S/C12H15BrO3/c1-16-8-10-7-11(13)6-5-9(10)3-2-4-12(14)15/h5-7H,2-4,8H2,1H3,(H,14,15). The molecule has 4 heteroatoms. The Hall–Kier alpha value is -0.870. The van der Waals surface area contributed by atoms with Crippen LogP contribution < -0.4 is 0 Å². The fraction of sp³-hybridized carbons (Fsp3) is 0.417. The molecule has 0 aliphatic rings. The van der Waals surface area contributed by atoms with Crippen LogP contribution in [0, 0.1) is 0 Å². The van der Waals surface area contributed by atoms with Crippen LogP contribution in [0.15, 0.2) is 22.7 Å². The van der Waals surface area contributed by atoms with Gasteiger partial charge in [0.15, 0.2) is 0 Å². The number of aliphatic carboxylic acids is 1. The summed E-state index contributed by atoms with van der Waals surface area (Å²) in [7, 11) is 1.65. The molecular weight excluding hydrogens is 272 g/mol. The molecule has 0 aliphatic carbocycles. The Morgan fingerprint density at radius 2 is 2.19 bits per heavy atom. The van der Waals surface area contributed by atoms with Gasteiger partial charge in [-0.15, -0.1) is 0 Å². The van der Waals surface area contributed by atoms with Crippen molar-refractivity contribution in [3.05, 3.63) is 33.8 Å². The molecule has 1 aromatic carbocycles. The lowest BCUT2D eigenvalue weighted by molar-refractivity contribution is -0.137. The number of methoxy groups -OCH3 is 1. The molecule has 0 spiro atoms. The van der Waals surface area contributed by atoms with Gasteiger partial charge >= 0.3 is 5.97 Å². The van der Waals surface area contributed by atoms with Gasteiger partial charge < -0.3 is 9.84 Å². The third-order valence-corrected chi connectivity index (χ3v) is 2.80. The highest BCUT2D eigenvalue weighted by Crippen LogP contribution is 2.19. The Kier molecular flexibility index (Phi) is 5.49. The quantitative estimate of drug-likeness (QED) is 0.874. The lowest BCUT2D eigenvalue weighted by Gasteiger charge is -2.08. The van der Waals surface area contributed by atoms with Crippen molar-refractivity contribution in [1.29, 1.82) is 0 Å². The van der Waals surface area contributed by atoms with Crippen LogP contribution in [0.25, 0.3) is 0 Å². The molecule has 1 N–H and O–H groups in total. The van der Waals surface area contributed by atoms with Crippen molar-refractivity contribution in [2.45, 2.75) is 25.9 Å². The molecule has 0 saturated heterocycles. The summed E-state index contributed by atoms with van der Waals surface area (Å²) in [5, 5.41) is 8.58. The molecule has 3 nitrogen and oxygen atoms in total. The van der Waals surface area contributed by atoms with Gasteiger partial charge in [-0.2, -0.15) is 0 Å². The largest absolute Gasteiger partial charge is 0.481 e. The van der Waals surface area contributed by atoms with Crippen molar-refractivity contribution in [2.24, 2.45) is 0 Å². The van der Waals surface area contributed by atoms with E-state index in [0.29, 0.717) is 13.0 Å². The normalized spacial score (nSPS) is 10.4. The number of carboxylic acids is 1. The third-order valence-electron chi connectivity index (χ3n) is 2.30. The monoisotopic (exact) mass is 286 g/mol. The average Bonchev–Trinajstić information content (AvgIpc) is 2.21. The lowest BCUT2D eigenvalue weighted by atomic mass is 10.0. The zero-order chi connectivity index (χ0) is 12.0. The van der Waals surface area contributed by atoms with Crippen molar-refractivity contribution >= 4 is 21.9 Å². The van der Waals surface area contributed by atoms with E-state index >= 15 is 0 Å². The van der Waals surface area contributed by atoms with Crippen LogP contribution in [-0.2, 0) is 22.6 Å². The van der Waals surface area contributed by atoms with Crippen LogP contribution in [0.1, 0.15) is 24.0 Å². The van der Waals surface area contributed by atoms with Crippen LogP contribution in [0.3, 0.4) is 0 Å². The van der Waals surface area contributed by atoms with E-state index < -0.39 is 5.97 Å². The van der Waals surface area contributed by atoms with E-state index in [1.165, 1.54) is 0 Å². The second-order valence-corrected chi connectivity index (χ2v) is 4.51. The van der Waals surface area contributed by atoms with Gasteiger partial charge in [0.05, 0.1) is 6.61 Å². The maximum Gasteiger partial charge on any atom is 0.303 e. The van der Waals surface area contributed by atoms with Crippen molar-refractivity contribution in [3.63, 3.8) is 0 Å². The van der Waals surface area contributed by atoms with E-state index in [-0.39, 0.29) is 6.42 Å². The van der Waals surface area contributed by atoms with Crippen molar-refractivity contribution in [3.8, 4) is 0 Å². The van der Waals surface area contributed by atoms with Crippen LogP contribution in [0.5, 0.6) is 0 Å². The van der Waals surface area contributed by atoms with E-state index in [4.69, 9.17) is 9.84 Å². The number of hydrogen-bond acceptors (Lipinski definition) is 2. The maximum absolute atomic E-state index is 10.4. The molecule has 0 heterocycles. The first-order valence-corrected chi connectivity index (χ1v) is 5.91. The Morgan fingerprint density at radius 1 is 1.44 bits per heavy atom. The van der Waals surface area contributed by atoms with Gasteiger partial charge in [-0.05, 0) is 36.1 Å². The van der Waals surface area contributed by atoms with Crippen LogP contribution in [0.4, 0.5) is 0 Å². The van der Waals surface area contributed by atoms with E-state index in [1.807, 2.05) is 18.2 Å². The van der Waals surface area contributed by atoms with Gasteiger partial charge in [-0.1, -0.05) is 22.0 Å². The molecule has 0 aromatic heterocycles. The first-order chi connectivity index (χ1) is 7.63. The van der Waals surface area contributed by atoms with Crippen molar-refractivity contribution < 1.29 is 14.6 Å². The maximum atomic E-state index is 10.4. The average molecular weight is 287 g/mol. The zero-order valence-corrected chi connectivity index (χ0v) is 10.8. The number of carbonyl (C=O) groups is 1. The van der Waals surface area contributed by atoms with Crippen LogP contribution in [-0.4, -0.2) is 18.2 Å². The summed E-state index contributed by atoms with van der Waals surface area (Å²) >= 11 is 3.41. The molecule has 0 fully saturated rings. The zero-order valence-electron chi connectivity index (χ0n) is 9.20. The fourth-order valence-electron chi connectivity index (χ4n) is 1.56. The van der Waals surface area contributed by atoms with Gasteiger partial charge in [0.2, 0.25) is 0 Å². The Bertz CT molecular complexity index is 363. The Labute approximate surface area is 104 Å². The minimum Gasteiger partial charge on any atom is -0.481 e. The molecular formula is C12H15BrO3. The summed E-state index contributed by atoms with van der Waals surface area (Å²) in [5.74, 6) is -0.745. The van der Waals surface area contributed by atoms with E-state index in [9.17, 15) is 4.79 Å². The molecule has 0 unspecified atom stereocenters. The number of hydrogen-bond donors (Lipinski definition) is 1. The molecule has 0 atom stereocenters. The van der Waals surface area contributed by atoms with Gasteiger partial charge in [-0.3, -0.25) is 4.79 Å². The summed E-state index contributed by atoms with van der Waals surface area (Å²) in [5.41, 5.74) is 2.27. The fourth-order valence-corrected chi connectivity index (χ4v) is 1.97. The summed E-state index contributed by atoms with van der Waals surface area (Å²) in [6.45, 7) is 0.557. The summed E-state index contributed by atoms with van der Waals surface area (Å²) < 4.78 is 6.13. The predicted molar refractivity (Wildman–Crippen MR) is 65.4 cm³/mol. The SMILES string of the molecule is COCc1cc(Br)ccc1CCCC(=O)O. The number of halogens is 1. The molecule has 0 saturated carbocycles. The first kappa shape index (κ1) is 13.2. The smallest absolute Gasteiger partial charge is 0.303 e. The first-order valence-electron chi connectivity index (χ1n) is 5.11. The van der Waals surface area contributed by atoms with Gasteiger partial charge in [-0.25, -0.2) is 0 Å². The third kappa shape index (κ3) is 4.33. The second-order valence-electron chi connectivity index (χ2n) is 3.59. The summed E-state index contributed by atoms with van der Waals surface area (Å²) in [6, 6.07) is 6.00. The topological polar surface area (TPSA) is 46.5 Å². The number of aryl methyl sites for hydroxylation is 1. The molecule has 0 aliphatic heterocycles. The van der Waals surface area contributed by atoms with Gasteiger partial charge in [0.25, 0.3) is 0 Å². The van der Waals surface area contributed by atoms with Crippen molar-refractivity contribution in [2.75, 3.05) is 7.11 Å². The minimum atomic E-state index is -0.745. The highest BCUT2D eigenvalue weighted by Gasteiger charge is 2.04. The number of carboxylic acid groups (broad SMARTS) is 1. The van der Waals surface area contributed by atoms with E-state index in [1.54, 1.807) is 7.11 Å². The van der Waals surface area contributed by atoms with Crippen molar-refractivity contribution in [1.82, 2.24) is 0 Å². The number of rotatable bonds is 6.